The molecule has 0 aliphatic carbocycles. The zero-order chi connectivity index (χ0) is 12.3. The summed E-state index contributed by atoms with van der Waals surface area (Å²) in [6.07, 6.45) is 3.19. The van der Waals surface area contributed by atoms with Gasteiger partial charge >= 0.3 is 0 Å². The molecular weight excluding hydrogens is 232 g/mol. The molecule has 0 radical (unpaired) electrons. The average molecular weight is 252 g/mol. The molecule has 0 spiro atoms. The van der Waals surface area contributed by atoms with Crippen LogP contribution in [-0.4, -0.2) is 31.0 Å². The zero-order valence-electron chi connectivity index (χ0n) is 10.2. The quantitative estimate of drug-likeness (QED) is 0.691. The Balaban J connectivity index is 2.05. The van der Waals surface area contributed by atoms with Crippen molar-refractivity contribution in [3.8, 4) is 0 Å². The molecule has 1 rings (SSSR count). The van der Waals surface area contributed by atoms with E-state index in [9.17, 15) is 4.79 Å². The van der Waals surface area contributed by atoms with E-state index in [4.69, 9.17) is 0 Å². The summed E-state index contributed by atoms with van der Waals surface area (Å²) in [6.45, 7) is 1.91. The van der Waals surface area contributed by atoms with Crippen LogP contribution in [0.5, 0.6) is 0 Å². The molecule has 4 heteroatoms. The van der Waals surface area contributed by atoms with Crippen LogP contribution < -0.4 is 10.6 Å². The molecule has 1 aromatic carbocycles. The van der Waals surface area contributed by atoms with Crippen molar-refractivity contribution in [2.24, 2.45) is 0 Å². The third-order valence-corrected chi connectivity index (χ3v) is 3.02. The van der Waals surface area contributed by atoms with Crippen molar-refractivity contribution in [2.45, 2.75) is 13.0 Å². The number of benzene rings is 1. The summed E-state index contributed by atoms with van der Waals surface area (Å²) in [4.78, 5) is 11.5. The first kappa shape index (κ1) is 14.1. The van der Waals surface area contributed by atoms with Gasteiger partial charge in [-0.15, -0.1) is 0 Å². The number of amides is 1. The van der Waals surface area contributed by atoms with Crippen molar-refractivity contribution >= 4 is 17.7 Å². The highest BCUT2D eigenvalue weighted by Gasteiger charge is 1.99. The van der Waals surface area contributed by atoms with Gasteiger partial charge in [-0.05, 0) is 30.5 Å². The van der Waals surface area contributed by atoms with Gasteiger partial charge in [0.05, 0.1) is 6.54 Å². The van der Waals surface area contributed by atoms with Gasteiger partial charge in [0.25, 0.3) is 0 Å². The van der Waals surface area contributed by atoms with E-state index >= 15 is 0 Å². The maximum absolute atomic E-state index is 11.5. The van der Waals surface area contributed by atoms with E-state index in [0.29, 0.717) is 13.1 Å². The van der Waals surface area contributed by atoms with Crippen LogP contribution in [0.4, 0.5) is 0 Å². The molecule has 0 atom stereocenters. The van der Waals surface area contributed by atoms with Crippen LogP contribution in [0.1, 0.15) is 12.0 Å². The van der Waals surface area contributed by atoms with Crippen LogP contribution in [0, 0.1) is 0 Å². The van der Waals surface area contributed by atoms with Crippen molar-refractivity contribution in [3.63, 3.8) is 0 Å². The first-order valence-corrected chi connectivity index (χ1v) is 7.22. The molecule has 0 unspecified atom stereocenters. The minimum absolute atomic E-state index is 0.0537. The largest absolute Gasteiger partial charge is 0.351 e. The van der Waals surface area contributed by atoms with E-state index in [1.54, 1.807) is 0 Å². The minimum atomic E-state index is 0.0537. The van der Waals surface area contributed by atoms with Gasteiger partial charge in [-0.3, -0.25) is 4.79 Å². The summed E-state index contributed by atoms with van der Waals surface area (Å²) >= 11 is 1.83. The van der Waals surface area contributed by atoms with Crippen LogP contribution in [0.2, 0.25) is 0 Å². The molecular formula is C13H20N2OS. The predicted octanol–water partition coefficient (Wildman–Crippen LogP) is 1.65. The molecule has 94 valence electrons. The number of hydrogen-bond donors (Lipinski definition) is 2. The normalized spacial score (nSPS) is 10.2. The molecule has 0 saturated carbocycles. The van der Waals surface area contributed by atoms with Crippen molar-refractivity contribution in [2.75, 3.05) is 25.1 Å². The second-order valence-electron chi connectivity index (χ2n) is 3.79. The van der Waals surface area contributed by atoms with E-state index < -0.39 is 0 Å². The van der Waals surface area contributed by atoms with Crippen LogP contribution in [0.15, 0.2) is 30.3 Å². The lowest BCUT2D eigenvalue weighted by atomic mass is 10.2. The Kier molecular flexibility index (Phi) is 7.51. The summed E-state index contributed by atoms with van der Waals surface area (Å²) in [7, 11) is 0. The fourth-order valence-corrected chi connectivity index (χ4v) is 1.84. The molecule has 0 fully saturated rings. The third kappa shape index (κ3) is 7.02. The van der Waals surface area contributed by atoms with Gasteiger partial charge in [0, 0.05) is 6.54 Å². The molecule has 0 saturated heterocycles. The lowest BCUT2D eigenvalue weighted by Gasteiger charge is -2.06. The molecule has 2 N–H and O–H groups in total. The van der Waals surface area contributed by atoms with Crippen molar-refractivity contribution < 1.29 is 4.79 Å². The number of thioether (sulfide) groups is 1. The number of carbonyl (C=O) groups is 1. The average Bonchev–Trinajstić information content (AvgIpc) is 2.37. The van der Waals surface area contributed by atoms with Gasteiger partial charge in [-0.25, -0.2) is 0 Å². The van der Waals surface area contributed by atoms with Gasteiger partial charge in [0.1, 0.15) is 0 Å². The lowest BCUT2D eigenvalue weighted by Crippen LogP contribution is -2.34. The van der Waals surface area contributed by atoms with E-state index in [1.807, 2.05) is 42.1 Å². The van der Waals surface area contributed by atoms with Crippen LogP contribution >= 0.6 is 11.8 Å². The van der Waals surface area contributed by atoms with Crippen LogP contribution in [0.3, 0.4) is 0 Å². The fourth-order valence-electron chi connectivity index (χ4n) is 1.40. The molecule has 3 nitrogen and oxygen atoms in total. The zero-order valence-corrected chi connectivity index (χ0v) is 11.1. The van der Waals surface area contributed by atoms with Crippen molar-refractivity contribution in [3.05, 3.63) is 35.9 Å². The molecule has 1 amide bonds. The van der Waals surface area contributed by atoms with Gasteiger partial charge in [-0.1, -0.05) is 30.3 Å². The lowest BCUT2D eigenvalue weighted by molar-refractivity contribution is -0.120. The summed E-state index contributed by atoms with van der Waals surface area (Å²) in [5, 5.41) is 6.01. The van der Waals surface area contributed by atoms with Gasteiger partial charge in [0.2, 0.25) is 5.91 Å². The number of rotatable bonds is 8. The summed E-state index contributed by atoms with van der Waals surface area (Å²) in [5.41, 5.74) is 1.13. The molecule has 0 heterocycles. The summed E-state index contributed by atoms with van der Waals surface area (Å²) in [6, 6.07) is 9.93. The maximum atomic E-state index is 11.5. The third-order valence-electron chi connectivity index (χ3n) is 2.32. The topological polar surface area (TPSA) is 41.1 Å². The van der Waals surface area contributed by atoms with E-state index in [2.05, 4.69) is 16.9 Å². The monoisotopic (exact) mass is 252 g/mol. The molecule has 0 aliphatic heterocycles. The fraction of sp³-hybridized carbons (Fsp3) is 0.462. The van der Waals surface area contributed by atoms with E-state index in [1.165, 1.54) is 0 Å². The second kappa shape index (κ2) is 9.07. The Morgan fingerprint density at radius 1 is 1.29 bits per heavy atom. The smallest absolute Gasteiger partial charge is 0.234 e. The Labute approximate surface area is 107 Å². The summed E-state index contributed by atoms with van der Waals surface area (Å²) in [5.74, 6) is 1.19. The molecule has 1 aromatic rings. The Hall–Kier alpha value is -1.00. The summed E-state index contributed by atoms with van der Waals surface area (Å²) < 4.78 is 0. The molecule has 0 aromatic heterocycles. The Morgan fingerprint density at radius 2 is 2.06 bits per heavy atom. The van der Waals surface area contributed by atoms with Crippen LogP contribution in [0.25, 0.3) is 0 Å². The van der Waals surface area contributed by atoms with Crippen molar-refractivity contribution in [1.29, 1.82) is 0 Å². The highest BCUT2D eigenvalue weighted by atomic mass is 32.2. The van der Waals surface area contributed by atoms with Crippen LogP contribution in [-0.2, 0) is 11.3 Å². The van der Waals surface area contributed by atoms with E-state index in [0.717, 1.165) is 24.3 Å². The highest BCUT2D eigenvalue weighted by molar-refractivity contribution is 7.98. The van der Waals surface area contributed by atoms with Gasteiger partial charge < -0.3 is 10.6 Å². The SMILES string of the molecule is CSCCCNCC(=O)NCc1ccccc1. The molecule has 0 aliphatic rings. The highest BCUT2D eigenvalue weighted by Crippen LogP contribution is 1.96. The van der Waals surface area contributed by atoms with E-state index in [-0.39, 0.29) is 5.91 Å². The number of hydrogen-bond acceptors (Lipinski definition) is 3. The predicted molar refractivity (Wildman–Crippen MR) is 74.2 cm³/mol. The first-order valence-electron chi connectivity index (χ1n) is 5.83. The Bertz CT molecular complexity index is 316. The maximum Gasteiger partial charge on any atom is 0.234 e. The van der Waals surface area contributed by atoms with Gasteiger partial charge in [0.15, 0.2) is 0 Å². The molecule has 17 heavy (non-hydrogen) atoms. The molecule has 0 bridgehead atoms. The standard InChI is InChI=1S/C13H20N2OS/c1-17-9-5-8-14-11-13(16)15-10-12-6-3-2-4-7-12/h2-4,6-7,14H,5,8-11H2,1H3,(H,15,16). The number of nitrogens with one attached hydrogen (secondary N) is 2. The van der Waals surface area contributed by atoms with Crippen molar-refractivity contribution in [1.82, 2.24) is 10.6 Å². The minimum Gasteiger partial charge on any atom is -0.351 e. The first-order chi connectivity index (χ1) is 8.33. The van der Waals surface area contributed by atoms with Gasteiger partial charge in [-0.2, -0.15) is 11.8 Å². The second-order valence-corrected chi connectivity index (χ2v) is 4.77. The Morgan fingerprint density at radius 3 is 2.76 bits per heavy atom. The number of carbonyl (C=O) groups excluding carboxylic acids is 1.